The second-order valence-corrected chi connectivity index (χ2v) is 6.78. The molecular formula is C12H16O3S2. The molecule has 94 valence electrons. The highest BCUT2D eigenvalue weighted by atomic mass is 32.2. The van der Waals surface area contributed by atoms with E-state index in [-0.39, 0.29) is 5.92 Å². The maximum absolute atomic E-state index is 10.8. The smallest absolute Gasteiger partial charge is 0.306 e. The highest BCUT2D eigenvalue weighted by Gasteiger charge is 2.35. The van der Waals surface area contributed by atoms with E-state index >= 15 is 0 Å². The lowest BCUT2D eigenvalue weighted by Crippen LogP contribution is -2.38. The van der Waals surface area contributed by atoms with Gasteiger partial charge in [0.05, 0.1) is 15.7 Å². The van der Waals surface area contributed by atoms with Gasteiger partial charge in [0.2, 0.25) is 0 Å². The van der Waals surface area contributed by atoms with Gasteiger partial charge in [-0.15, -0.1) is 23.1 Å². The van der Waals surface area contributed by atoms with Crippen LogP contribution in [0, 0.1) is 5.92 Å². The molecule has 1 saturated carbocycles. The topological polar surface area (TPSA) is 57.5 Å². The molecule has 1 aromatic heterocycles. The van der Waals surface area contributed by atoms with E-state index in [1.807, 2.05) is 17.5 Å². The zero-order valence-electron chi connectivity index (χ0n) is 9.46. The fourth-order valence-electron chi connectivity index (χ4n) is 2.10. The first-order valence-electron chi connectivity index (χ1n) is 5.71. The van der Waals surface area contributed by atoms with Gasteiger partial charge >= 0.3 is 5.97 Å². The second-order valence-electron chi connectivity index (χ2n) is 4.56. The number of aliphatic hydroxyl groups is 1. The summed E-state index contributed by atoms with van der Waals surface area (Å²) in [6, 6.07) is 4.04. The third-order valence-corrected chi connectivity index (χ3v) is 5.65. The Morgan fingerprint density at radius 1 is 1.53 bits per heavy atom. The summed E-state index contributed by atoms with van der Waals surface area (Å²) in [4.78, 5) is 10.8. The lowest BCUT2D eigenvalue weighted by molar-refractivity contribution is -0.144. The molecule has 3 nitrogen and oxygen atoms in total. The summed E-state index contributed by atoms with van der Waals surface area (Å²) in [6.07, 6.45) is 2.39. The summed E-state index contributed by atoms with van der Waals surface area (Å²) >= 11 is 3.34. The van der Waals surface area contributed by atoms with Crippen molar-refractivity contribution in [1.29, 1.82) is 0 Å². The van der Waals surface area contributed by atoms with E-state index < -0.39 is 11.6 Å². The van der Waals surface area contributed by atoms with Crippen LogP contribution in [-0.2, 0) is 4.79 Å². The fourth-order valence-corrected chi connectivity index (χ4v) is 4.04. The molecule has 0 saturated heterocycles. The number of carbonyl (C=O) groups is 1. The molecule has 17 heavy (non-hydrogen) atoms. The first-order valence-corrected chi connectivity index (χ1v) is 7.57. The Labute approximate surface area is 109 Å². The van der Waals surface area contributed by atoms with Gasteiger partial charge in [-0.3, -0.25) is 4.79 Å². The third-order valence-electron chi connectivity index (χ3n) is 3.24. The molecule has 0 aliphatic heterocycles. The summed E-state index contributed by atoms with van der Waals surface area (Å²) in [5.41, 5.74) is -0.680. The molecule has 1 aliphatic carbocycles. The molecule has 1 aromatic rings. The SMILES string of the molecule is O=C(O)C1CCC(O)(CSc2cccs2)CC1. The Kier molecular flexibility index (Phi) is 4.12. The molecular weight excluding hydrogens is 256 g/mol. The summed E-state index contributed by atoms with van der Waals surface area (Å²) in [6.45, 7) is 0. The molecule has 0 aromatic carbocycles. The average molecular weight is 272 g/mol. The van der Waals surface area contributed by atoms with Crippen LogP contribution in [0.4, 0.5) is 0 Å². The molecule has 1 aliphatic rings. The van der Waals surface area contributed by atoms with Crippen LogP contribution in [0.25, 0.3) is 0 Å². The third kappa shape index (κ3) is 3.47. The van der Waals surface area contributed by atoms with E-state index in [9.17, 15) is 9.90 Å². The van der Waals surface area contributed by atoms with Gasteiger partial charge in [0.1, 0.15) is 0 Å². The summed E-state index contributed by atoms with van der Waals surface area (Å²) < 4.78 is 1.21. The lowest BCUT2D eigenvalue weighted by Gasteiger charge is -2.34. The van der Waals surface area contributed by atoms with Crippen molar-refractivity contribution in [3.63, 3.8) is 0 Å². The van der Waals surface area contributed by atoms with Gasteiger partial charge in [0.25, 0.3) is 0 Å². The van der Waals surface area contributed by atoms with Gasteiger partial charge < -0.3 is 10.2 Å². The number of carboxylic acid groups (broad SMARTS) is 1. The molecule has 1 heterocycles. The Morgan fingerprint density at radius 3 is 2.76 bits per heavy atom. The van der Waals surface area contributed by atoms with Crippen molar-refractivity contribution < 1.29 is 15.0 Å². The Balaban J connectivity index is 1.83. The summed E-state index contributed by atoms with van der Waals surface area (Å²) in [5, 5.41) is 21.3. The molecule has 0 bridgehead atoms. The first kappa shape index (κ1) is 12.9. The zero-order chi connectivity index (χ0) is 12.3. The van der Waals surface area contributed by atoms with Gasteiger partial charge in [-0.1, -0.05) is 6.07 Å². The molecule has 0 amide bonds. The molecule has 2 rings (SSSR count). The number of rotatable bonds is 4. The van der Waals surface area contributed by atoms with Crippen molar-refractivity contribution in [1.82, 2.24) is 0 Å². The number of hydrogen-bond acceptors (Lipinski definition) is 4. The highest BCUT2D eigenvalue weighted by Crippen LogP contribution is 2.37. The van der Waals surface area contributed by atoms with E-state index in [1.165, 1.54) is 4.21 Å². The number of hydrogen-bond donors (Lipinski definition) is 2. The van der Waals surface area contributed by atoms with Crippen LogP contribution >= 0.6 is 23.1 Å². The number of carboxylic acids is 1. The Hall–Kier alpha value is -0.520. The van der Waals surface area contributed by atoms with Gasteiger partial charge in [0.15, 0.2) is 0 Å². The van der Waals surface area contributed by atoms with Crippen molar-refractivity contribution in [3.8, 4) is 0 Å². The largest absolute Gasteiger partial charge is 0.481 e. The zero-order valence-corrected chi connectivity index (χ0v) is 11.1. The maximum Gasteiger partial charge on any atom is 0.306 e. The van der Waals surface area contributed by atoms with Crippen molar-refractivity contribution in [2.45, 2.75) is 35.5 Å². The maximum atomic E-state index is 10.8. The number of thioether (sulfide) groups is 1. The van der Waals surface area contributed by atoms with Crippen LogP contribution < -0.4 is 0 Å². The molecule has 1 fully saturated rings. The Bertz CT molecular complexity index is 367. The van der Waals surface area contributed by atoms with Crippen LogP contribution in [0.15, 0.2) is 21.7 Å². The molecule has 0 atom stereocenters. The number of aliphatic carboxylic acids is 1. The van der Waals surface area contributed by atoms with Crippen LogP contribution in [0.1, 0.15) is 25.7 Å². The van der Waals surface area contributed by atoms with Crippen LogP contribution in [-0.4, -0.2) is 27.5 Å². The Morgan fingerprint density at radius 2 is 2.24 bits per heavy atom. The monoisotopic (exact) mass is 272 g/mol. The minimum atomic E-state index is -0.724. The molecule has 0 unspecified atom stereocenters. The van der Waals surface area contributed by atoms with Gasteiger partial charge in [-0.05, 0) is 37.1 Å². The molecule has 5 heteroatoms. The van der Waals surface area contributed by atoms with E-state index in [1.54, 1.807) is 23.1 Å². The first-order chi connectivity index (χ1) is 8.09. The fraction of sp³-hybridized carbons (Fsp3) is 0.583. The van der Waals surface area contributed by atoms with E-state index in [2.05, 4.69) is 0 Å². The molecule has 0 radical (unpaired) electrons. The molecule has 2 N–H and O–H groups in total. The second kappa shape index (κ2) is 5.42. The van der Waals surface area contributed by atoms with Gasteiger partial charge in [-0.25, -0.2) is 0 Å². The van der Waals surface area contributed by atoms with Crippen molar-refractivity contribution in [2.75, 3.05) is 5.75 Å². The minimum Gasteiger partial charge on any atom is -0.481 e. The normalized spacial score (nSPS) is 29.1. The van der Waals surface area contributed by atoms with E-state index in [0.717, 1.165) is 0 Å². The summed E-state index contributed by atoms with van der Waals surface area (Å²) in [5.74, 6) is -0.320. The lowest BCUT2D eigenvalue weighted by atomic mass is 9.80. The van der Waals surface area contributed by atoms with Gasteiger partial charge in [-0.2, -0.15) is 0 Å². The minimum absolute atomic E-state index is 0.262. The number of thiophene rings is 1. The van der Waals surface area contributed by atoms with Crippen molar-refractivity contribution in [3.05, 3.63) is 17.5 Å². The van der Waals surface area contributed by atoms with Crippen molar-refractivity contribution in [2.24, 2.45) is 5.92 Å². The van der Waals surface area contributed by atoms with Crippen LogP contribution in [0.3, 0.4) is 0 Å². The predicted molar refractivity (Wildman–Crippen MR) is 69.6 cm³/mol. The standard InChI is InChI=1S/C12H16O3S2/c13-11(14)9-3-5-12(15,6-4-9)8-17-10-2-1-7-16-10/h1-2,7,9,15H,3-6,8H2,(H,13,14). The average Bonchev–Trinajstić information content (AvgIpc) is 2.80. The molecule has 0 spiro atoms. The van der Waals surface area contributed by atoms with E-state index in [0.29, 0.717) is 31.4 Å². The van der Waals surface area contributed by atoms with Crippen LogP contribution in [0.2, 0.25) is 0 Å². The van der Waals surface area contributed by atoms with Gasteiger partial charge in [0, 0.05) is 5.75 Å². The van der Waals surface area contributed by atoms with Crippen molar-refractivity contribution >= 4 is 29.1 Å². The predicted octanol–water partition coefficient (Wildman–Crippen LogP) is 2.85. The quantitative estimate of drug-likeness (QED) is 0.828. The summed E-state index contributed by atoms with van der Waals surface area (Å²) in [7, 11) is 0. The highest BCUT2D eigenvalue weighted by molar-refractivity contribution is 8.01. The van der Waals surface area contributed by atoms with Crippen LogP contribution in [0.5, 0.6) is 0 Å². The van der Waals surface area contributed by atoms with E-state index in [4.69, 9.17) is 5.11 Å².